The molecule has 7 heteroatoms. The lowest BCUT2D eigenvalue weighted by atomic mass is 9.91. The number of aliphatic hydroxyl groups is 1. The average Bonchev–Trinajstić information content (AvgIpc) is 2.67. The first-order valence-corrected chi connectivity index (χ1v) is 9.28. The molecule has 1 aliphatic heterocycles. The van der Waals surface area contributed by atoms with Crippen LogP contribution in [0.1, 0.15) is 36.8 Å². The molecular weight excluding hydrogens is 344 g/mol. The van der Waals surface area contributed by atoms with Crippen molar-refractivity contribution in [1.82, 2.24) is 10.2 Å². The molecule has 0 bridgehead atoms. The van der Waals surface area contributed by atoms with E-state index < -0.39 is 0 Å². The minimum Gasteiger partial charge on any atom is -0.507 e. The molecule has 1 aromatic carbocycles. The Hall–Kier alpha value is -2.85. The molecule has 1 aromatic heterocycles. The summed E-state index contributed by atoms with van der Waals surface area (Å²) in [6.07, 6.45) is 3.52. The smallest absolute Gasteiger partial charge is 0.194 e. The number of phenolic OH excluding ortho intramolecular Hbond substituents is 1. The molecule has 1 saturated carbocycles. The Bertz CT molecular complexity index is 886. The number of hydrogen-bond donors (Lipinski definition) is 2. The van der Waals surface area contributed by atoms with Gasteiger partial charge in [0.25, 0.3) is 0 Å². The van der Waals surface area contributed by atoms with Crippen molar-refractivity contribution in [3.05, 3.63) is 29.3 Å². The SMILES string of the molecule is Cc1cc(C#N)cc(O)c1-c1cc2c(nn1)N([C@@H]1CCCC[C@H]1O)CCO2. The highest BCUT2D eigenvalue weighted by molar-refractivity contribution is 5.74. The van der Waals surface area contributed by atoms with E-state index in [1.54, 1.807) is 12.1 Å². The molecule has 27 heavy (non-hydrogen) atoms. The van der Waals surface area contributed by atoms with Gasteiger partial charge in [-0.05, 0) is 37.5 Å². The van der Waals surface area contributed by atoms with Crippen LogP contribution in [0.3, 0.4) is 0 Å². The molecule has 2 N–H and O–H groups in total. The summed E-state index contributed by atoms with van der Waals surface area (Å²) in [6.45, 7) is 3.01. The van der Waals surface area contributed by atoms with Gasteiger partial charge >= 0.3 is 0 Å². The highest BCUT2D eigenvalue weighted by Gasteiger charge is 2.33. The minimum absolute atomic E-state index is 0.00355. The number of aromatic hydroxyl groups is 1. The second-order valence-electron chi connectivity index (χ2n) is 7.18. The van der Waals surface area contributed by atoms with Crippen LogP contribution in [0, 0.1) is 18.3 Å². The van der Waals surface area contributed by atoms with E-state index in [-0.39, 0.29) is 17.9 Å². The summed E-state index contributed by atoms with van der Waals surface area (Å²) in [5.41, 5.74) is 2.19. The number of fused-ring (bicyclic) bond motifs is 1. The standard InChI is InChI=1S/C20H22N4O3/c1-12-8-13(11-21)9-17(26)19(12)14-10-18-20(23-22-14)24(6-7-27-18)15-4-2-3-5-16(15)25/h8-10,15-16,25-26H,2-7H2,1H3/t15-,16-/m1/s1. The van der Waals surface area contributed by atoms with Crippen molar-refractivity contribution in [3.8, 4) is 28.8 Å². The van der Waals surface area contributed by atoms with Crippen molar-refractivity contribution in [2.75, 3.05) is 18.1 Å². The number of nitrogens with zero attached hydrogens (tertiary/aromatic N) is 4. The number of aromatic nitrogens is 2. The molecule has 2 aliphatic rings. The van der Waals surface area contributed by atoms with Crippen LogP contribution in [0.2, 0.25) is 0 Å². The van der Waals surface area contributed by atoms with E-state index in [4.69, 9.17) is 10.00 Å². The summed E-state index contributed by atoms with van der Waals surface area (Å²) in [5, 5.41) is 38.5. The molecule has 0 radical (unpaired) electrons. The van der Waals surface area contributed by atoms with Crippen LogP contribution >= 0.6 is 0 Å². The van der Waals surface area contributed by atoms with E-state index in [0.717, 1.165) is 31.2 Å². The van der Waals surface area contributed by atoms with E-state index in [1.165, 1.54) is 6.07 Å². The normalized spacial score (nSPS) is 21.9. The van der Waals surface area contributed by atoms with E-state index in [2.05, 4.69) is 15.1 Å². The Balaban J connectivity index is 1.71. The molecule has 0 spiro atoms. The first-order valence-electron chi connectivity index (χ1n) is 9.28. The first kappa shape index (κ1) is 17.6. The molecule has 2 heterocycles. The number of hydrogen-bond acceptors (Lipinski definition) is 7. The highest BCUT2D eigenvalue weighted by atomic mass is 16.5. The fraction of sp³-hybridized carbons (Fsp3) is 0.450. The highest BCUT2D eigenvalue weighted by Crippen LogP contribution is 2.39. The Morgan fingerprint density at radius 1 is 1.22 bits per heavy atom. The molecule has 7 nitrogen and oxygen atoms in total. The van der Waals surface area contributed by atoms with Gasteiger partial charge in [0.1, 0.15) is 18.1 Å². The number of phenols is 1. The van der Waals surface area contributed by atoms with E-state index in [9.17, 15) is 10.2 Å². The number of aryl methyl sites for hydroxylation is 1. The van der Waals surface area contributed by atoms with Gasteiger partial charge in [-0.3, -0.25) is 0 Å². The van der Waals surface area contributed by atoms with Crippen molar-refractivity contribution < 1.29 is 14.9 Å². The fourth-order valence-corrected chi connectivity index (χ4v) is 4.10. The Morgan fingerprint density at radius 2 is 2.04 bits per heavy atom. The summed E-state index contributed by atoms with van der Waals surface area (Å²) >= 11 is 0. The molecular formula is C20H22N4O3. The van der Waals surface area contributed by atoms with Gasteiger partial charge in [0, 0.05) is 11.6 Å². The third-order valence-electron chi connectivity index (χ3n) is 5.40. The summed E-state index contributed by atoms with van der Waals surface area (Å²) in [4.78, 5) is 2.10. The lowest BCUT2D eigenvalue weighted by Crippen LogP contribution is -2.49. The topological polar surface area (TPSA) is 102 Å². The van der Waals surface area contributed by atoms with Crippen LogP contribution in [0.15, 0.2) is 18.2 Å². The zero-order chi connectivity index (χ0) is 19.0. The van der Waals surface area contributed by atoms with Crippen molar-refractivity contribution in [1.29, 1.82) is 5.26 Å². The average molecular weight is 366 g/mol. The summed E-state index contributed by atoms with van der Waals surface area (Å²) in [5.74, 6) is 1.24. The van der Waals surface area contributed by atoms with Crippen molar-refractivity contribution in [2.24, 2.45) is 0 Å². The predicted octanol–water partition coefficient (Wildman–Crippen LogP) is 2.53. The molecule has 1 fully saturated rings. The van der Waals surface area contributed by atoms with Gasteiger partial charge in [-0.25, -0.2) is 0 Å². The minimum atomic E-state index is -0.365. The third-order valence-corrected chi connectivity index (χ3v) is 5.40. The fourth-order valence-electron chi connectivity index (χ4n) is 4.10. The number of aliphatic hydroxyl groups excluding tert-OH is 1. The predicted molar refractivity (Wildman–Crippen MR) is 99.7 cm³/mol. The van der Waals surface area contributed by atoms with E-state index in [0.29, 0.717) is 41.5 Å². The molecule has 1 aliphatic carbocycles. The number of ether oxygens (including phenoxy) is 1. The molecule has 140 valence electrons. The maximum atomic E-state index is 10.4. The molecule has 2 aromatic rings. The summed E-state index contributed by atoms with van der Waals surface area (Å²) in [6, 6.07) is 6.98. The van der Waals surface area contributed by atoms with E-state index in [1.807, 2.05) is 13.0 Å². The van der Waals surface area contributed by atoms with Gasteiger partial charge < -0.3 is 19.8 Å². The molecule has 0 unspecified atom stereocenters. The molecule has 4 rings (SSSR count). The van der Waals surface area contributed by atoms with Crippen molar-refractivity contribution in [3.63, 3.8) is 0 Å². The second-order valence-corrected chi connectivity index (χ2v) is 7.18. The quantitative estimate of drug-likeness (QED) is 0.842. The number of benzene rings is 1. The van der Waals surface area contributed by atoms with Crippen molar-refractivity contribution >= 4 is 5.82 Å². The zero-order valence-corrected chi connectivity index (χ0v) is 15.2. The lowest BCUT2D eigenvalue weighted by Gasteiger charge is -2.40. The first-order chi connectivity index (χ1) is 13.1. The van der Waals surface area contributed by atoms with Crippen LogP contribution < -0.4 is 9.64 Å². The largest absolute Gasteiger partial charge is 0.507 e. The van der Waals surface area contributed by atoms with Crippen LogP contribution in [0.5, 0.6) is 11.5 Å². The maximum absolute atomic E-state index is 10.4. The summed E-state index contributed by atoms with van der Waals surface area (Å²) in [7, 11) is 0. The molecule has 0 saturated heterocycles. The third kappa shape index (κ3) is 3.17. The Labute approximate surface area is 157 Å². The van der Waals surface area contributed by atoms with Crippen LogP contribution in [0.4, 0.5) is 5.82 Å². The van der Waals surface area contributed by atoms with E-state index >= 15 is 0 Å². The number of anilines is 1. The van der Waals surface area contributed by atoms with Crippen LogP contribution in [0.25, 0.3) is 11.3 Å². The summed E-state index contributed by atoms with van der Waals surface area (Å²) < 4.78 is 5.81. The second kappa shape index (κ2) is 7.05. The Kier molecular flexibility index (Phi) is 4.58. The van der Waals surface area contributed by atoms with Crippen LogP contribution in [-0.2, 0) is 0 Å². The van der Waals surface area contributed by atoms with Gasteiger partial charge in [0.05, 0.1) is 30.3 Å². The molecule has 0 amide bonds. The monoisotopic (exact) mass is 366 g/mol. The van der Waals surface area contributed by atoms with Crippen LogP contribution in [-0.4, -0.2) is 45.7 Å². The Morgan fingerprint density at radius 3 is 2.78 bits per heavy atom. The van der Waals surface area contributed by atoms with Gasteiger partial charge in [0.15, 0.2) is 11.6 Å². The lowest BCUT2D eigenvalue weighted by molar-refractivity contribution is 0.0995. The number of rotatable bonds is 2. The van der Waals surface area contributed by atoms with Crippen molar-refractivity contribution in [2.45, 2.75) is 44.8 Å². The number of nitriles is 1. The van der Waals surface area contributed by atoms with Gasteiger partial charge in [-0.1, -0.05) is 12.8 Å². The molecule has 2 atom stereocenters. The zero-order valence-electron chi connectivity index (χ0n) is 15.2. The maximum Gasteiger partial charge on any atom is 0.194 e. The van der Waals surface area contributed by atoms with Gasteiger partial charge in [0.2, 0.25) is 0 Å². The van der Waals surface area contributed by atoms with Gasteiger partial charge in [-0.15, -0.1) is 10.2 Å². The van der Waals surface area contributed by atoms with Gasteiger partial charge in [-0.2, -0.15) is 5.26 Å².